The third-order valence-electron chi connectivity index (χ3n) is 5.95. The van der Waals surface area contributed by atoms with Crippen LogP contribution < -0.4 is 11.1 Å². The number of thiophene rings is 1. The molecule has 2 heterocycles. The normalized spacial score (nSPS) is 33.5. The molecule has 0 bridgehead atoms. The standard InChI is InChI=1S/C18H28N2O2S/c1-10-9-13(12(3)23-10)11(2)20-16(21)18(19)14-7-6-8-22-15(14)17(18,4)5/h9,11,14-15H,6-8,19H2,1-5H3,(H,20,21). The molecular formula is C18H28N2O2S. The van der Waals surface area contributed by atoms with Crippen molar-refractivity contribution in [3.63, 3.8) is 0 Å². The zero-order valence-corrected chi connectivity index (χ0v) is 15.5. The lowest BCUT2D eigenvalue weighted by Crippen LogP contribution is -2.82. The molecule has 4 unspecified atom stereocenters. The van der Waals surface area contributed by atoms with E-state index < -0.39 is 5.54 Å². The third-order valence-corrected chi connectivity index (χ3v) is 6.94. The van der Waals surface area contributed by atoms with E-state index in [4.69, 9.17) is 10.5 Å². The van der Waals surface area contributed by atoms with Crippen LogP contribution in [0.1, 0.15) is 55.0 Å². The van der Waals surface area contributed by atoms with Crippen LogP contribution in [0.2, 0.25) is 0 Å². The highest BCUT2D eigenvalue weighted by molar-refractivity contribution is 7.12. The number of nitrogens with two attached hydrogens (primary N) is 1. The molecule has 1 saturated carbocycles. The summed E-state index contributed by atoms with van der Waals surface area (Å²) in [4.78, 5) is 15.6. The molecule has 2 fully saturated rings. The topological polar surface area (TPSA) is 64.4 Å². The molecule has 1 saturated heterocycles. The molecule has 1 aliphatic heterocycles. The van der Waals surface area contributed by atoms with E-state index in [-0.39, 0.29) is 29.4 Å². The van der Waals surface area contributed by atoms with Crippen LogP contribution >= 0.6 is 11.3 Å². The van der Waals surface area contributed by atoms with E-state index in [1.807, 2.05) is 6.92 Å². The van der Waals surface area contributed by atoms with Crippen molar-refractivity contribution in [2.24, 2.45) is 17.1 Å². The number of fused-ring (bicyclic) bond motifs is 1. The number of carbonyl (C=O) groups is 1. The van der Waals surface area contributed by atoms with Crippen molar-refractivity contribution in [2.45, 2.75) is 65.1 Å². The molecule has 5 heteroatoms. The second kappa shape index (κ2) is 5.57. The molecule has 0 aromatic carbocycles. The highest BCUT2D eigenvalue weighted by Crippen LogP contribution is 2.57. The SMILES string of the molecule is Cc1cc(C(C)NC(=O)C2(N)C3CCCOC3C2(C)C)c(C)s1. The molecule has 4 nitrogen and oxygen atoms in total. The number of hydrogen-bond acceptors (Lipinski definition) is 4. The van der Waals surface area contributed by atoms with E-state index in [9.17, 15) is 4.79 Å². The van der Waals surface area contributed by atoms with Gasteiger partial charge in [0.1, 0.15) is 5.54 Å². The zero-order valence-electron chi connectivity index (χ0n) is 14.7. The Hall–Kier alpha value is -0.910. The lowest BCUT2D eigenvalue weighted by molar-refractivity contribution is -0.225. The Balaban J connectivity index is 1.78. The predicted octanol–water partition coefficient (Wildman–Crippen LogP) is 3.07. The van der Waals surface area contributed by atoms with Gasteiger partial charge in [-0.05, 0) is 45.2 Å². The Morgan fingerprint density at radius 3 is 2.78 bits per heavy atom. The maximum absolute atomic E-state index is 13.0. The van der Waals surface area contributed by atoms with Gasteiger partial charge in [0, 0.05) is 27.7 Å². The highest BCUT2D eigenvalue weighted by atomic mass is 32.1. The Bertz CT molecular complexity index is 625. The van der Waals surface area contributed by atoms with Gasteiger partial charge in [-0.1, -0.05) is 13.8 Å². The molecule has 3 rings (SSSR count). The lowest BCUT2D eigenvalue weighted by Gasteiger charge is -2.65. The van der Waals surface area contributed by atoms with Crippen molar-refractivity contribution in [1.29, 1.82) is 0 Å². The van der Waals surface area contributed by atoms with Crippen LogP contribution in [0.3, 0.4) is 0 Å². The maximum Gasteiger partial charge on any atom is 0.241 e. The first kappa shape index (κ1) is 16.9. The Kier molecular flexibility index (Phi) is 4.10. The number of aryl methyl sites for hydroxylation is 2. The molecule has 1 aliphatic carbocycles. The van der Waals surface area contributed by atoms with Crippen molar-refractivity contribution < 1.29 is 9.53 Å². The van der Waals surface area contributed by atoms with Crippen molar-refractivity contribution in [3.8, 4) is 0 Å². The van der Waals surface area contributed by atoms with Crippen LogP contribution in [0.4, 0.5) is 0 Å². The molecule has 23 heavy (non-hydrogen) atoms. The van der Waals surface area contributed by atoms with Gasteiger partial charge < -0.3 is 15.8 Å². The van der Waals surface area contributed by atoms with Crippen LogP contribution in [-0.2, 0) is 9.53 Å². The van der Waals surface area contributed by atoms with Crippen molar-refractivity contribution in [1.82, 2.24) is 5.32 Å². The first-order valence-electron chi connectivity index (χ1n) is 8.48. The van der Waals surface area contributed by atoms with E-state index in [1.54, 1.807) is 11.3 Å². The largest absolute Gasteiger partial charge is 0.377 e. The average molecular weight is 337 g/mol. The van der Waals surface area contributed by atoms with Crippen LogP contribution in [0, 0.1) is 25.2 Å². The summed E-state index contributed by atoms with van der Waals surface area (Å²) in [5.74, 6) is 0.0914. The summed E-state index contributed by atoms with van der Waals surface area (Å²) in [6, 6.07) is 2.14. The molecule has 128 valence electrons. The fraction of sp³-hybridized carbons (Fsp3) is 0.722. The van der Waals surface area contributed by atoms with Gasteiger partial charge in [0.15, 0.2) is 0 Å². The summed E-state index contributed by atoms with van der Waals surface area (Å²) in [6.07, 6.45) is 2.07. The summed E-state index contributed by atoms with van der Waals surface area (Å²) in [6.45, 7) is 11.1. The summed E-state index contributed by atoms with van der Waals surface area (Å²) in [5.41, 5.74) is 6.68. The number of ether oxygens (including phenoxy) is 1. The first-order chi connectivity index (χ1) is 10.7. The van der Waals surface area contributed by atoms with Crippen LogP contribution in [0.25, 0.3) is 0 Å². The fourth-order valence-corrected chi connectivity index (χ4v) is 5.53. The molecule has 2 aliphatic rings. The molecule has 0 radical (unpaired) electrons. The number of carbonyl (C=O) groups excluding carboxylic acids is 1. The molecule has 3 N–H and O–H groups in total. The van der Waals surface area contributed by atoms with E-state index in [0.717, 1.165) is 19.4 Å². The molecule has 1 amide bonds. The van der Waals surface area contributed by atoms with E-state index in [0.29, 0.717) is 0 Å². The number of hydrogen-bond donors (Lipinski definition) is 2. The van der Waals surface area contributed by atoms with Crippen molar-refractivity contribution >= 4 is 17.2 Å². The number of nitrogens with one attached hydrogen (secondary N) is 1. The van der Waals surface area contributed by atoms with E-state index in [1.165, 1.54) is 15.3 Å². The molecular weight excluding hydrogens is 308 g/mol. The minimum Gasteiger partial charge on any atom is -0.377 e. The summed E-state index contributed by atoms with van der Waals surface area (Å²) in [5, 5.41) is 3.17. The number of amides is 1. The first-order valence-corrected chi connectivity index (χ1v) is 9.29. The quantitative estimate of drug-likeness (QED) is 0.891. The zero-order chi connectivity index (χ0) is 17.0. The number of rotatable bonds is 3. The second-order valence-corrected chi connectivity index (χ2v) is 9.15. The average Bonchev–Trinajstić information content (AvgIpc) is 2.85. The molecule has 1 aromatic heterocycles. The lowest BCUT2D eigenvalue weighted by atomic mass is 9.46. The molecule has 1 aromatic rings. The van der Waals surface area contributed by atoms with Crippen molar-refractivity contribution in [3.05, 3.63) is 21.4 Å². The van der Waals surface area contributed by atoms with E-state index >= 15 is 0 Å². The second-order valence-electron chi connectivity index (χ2n) is 7.69. The van der Waals surface area contributed by atoms with Gasteiger partial charge in [-0.2, -0.15) is 0 Å². The maximum atomic E-state index is 13.0. The van der Waals surface area contributed by atoms with Gasteiger partial charge in [0.25, 0.3) is 0 Å². The van der Waals surface area contributed by atoms with Crippen LogP contribution in [0.15, 0.2) is 6.07 Å². The van der Waals surface area contributed by atoms with Crippen molar-refractivity contribution in [2.75, 3.05) is 6.61 Å². The van der Waals surface area contributed by atoms with Crippen LogP contribution in [0.5, 0.6) is 0 Å². The Morgan fingerprint density at radius 2 is 2.17 bits per heavy atom. The Morgan fingerprint density at radius 1 is 1.48 bits per heavy atom. The van der Waals surface area contributed by atoms with Gasteiger partial charge >= 0.3 is 0 Å². The summed E-state index contributed by atoms with van der Waals surface area (Å²) in [7, 11) is 0. The van der Waals surface area contributed by atoms with Gasteiger partial charge in [0.2, 0.25) is 5.91 Å². The summed E-state index contributed by atoms with van der Waals surface area (Å²) < 4.78 is 5.89. The molecule has 4 atom stereocenters. The van der Waals surface area contributed by atoms with E-state index in [2.05, 4.69) is 39.1 Å². The minimum absolute atomic E-state index is 0.0211. The highest BCUT2D eigenvalue weighted by Gasteiger charge is 2.70. The van der Waals surface area contributed by atoms with Gasteiger partial charge in [-0.15, -0.1) is 11.3 Å². The third kappa shape index (κ3) is 2.36. The Labute approximate surface area is 142 Å². The molecule has 0 spiro atoms. The summed E-state index contributed by atoms with van der Waals surface area (Å²) >= 11 is 1.77. The monoisotopic (exact) mass is 336 g/mol. The minimum atomic E-state index is -0.842. The smallest absolute Gasteiger partial charge is 0.241 e. The fourth-order valence-electron chi connectivity index (χ4n) is 4.51. The van der Waals surface area contributed by atoms with Gasteiger partial charge in [0.05, 0.1) is 12.1 Å². The van der Waals surface area contributed by atoms with Crippen LogP contribution in [-0.4, -0.2) is 24.2 Å². The predicted molar refractivity (Wildman–Crippen MR) is 93.5 cm³/mol. The van der Waals surface area contributed by atoms with Gasteiger partial charge in [-0.25, -0.2) is 0 Å². The van der Waals surface area contributed by atoms with Gasteiger partial charge in [-0.3, -0.25) is 4.79 Å².